The van der Waals surface area contributed by atoms with Gasteiger partial charge in [-0.1, -0.05) is 96.1 Å². The number of hydrogen-bond donors (Lipinski definition) is 0. The molecule has 0 aliphatic rings. The van der Waals surface area contributed by atoms with Gasteiger partial charge in [-0.25, -0.2) is 0 Å². The van der Waals surface area contributed by atoms with Gasteiger partial charge < -0.3 is 0 Å². The number of benzene rings is 4. The van der Waals surface area contributed by atoms with Crippen molar-refractivity contribution >= 4 is 11.6 Å². The maximum Gasteiger partial charge on any atom is 0.193 e. The van der Waals surface area contributed by atoms with E-state index in [0.29, 0.717) is 22.3 Å². The first-order valence-electron chi connectivity index (χ1n) is 10.9. The molecule has 0 aliphatic heterocycles. The van der Waals surface area contributed by atoms with E-state index in [-0.39, 0.29) is 11.6 Å². The Labute approximate surface area is 189 Å². The molecule has 0 saturated carbocycles. The maximum atomic E-state index is 12.8. The smallest absolute Gasteiger partial charge is 0.193 e. The van der Waals surface area contributed by atoms with E-state index >= 15 is 0 Å². The van der Waals surface area contributed by atoms with Gasteiger partial charge >= 0.3 is 0 Å². The molecule has 0 heterocycles. The van der Waals surface area contributed by atoms with Crippen LogP contribution < -0.4 is 0 Å². The molecule has 0 unspecified atom stereocenters. The summed E-state index contributed by atoms with van der Waals surface area (Å²) in [6.07, 6.45) is 1.61. The summed E-state index contributed by atoms with van der Waals surface area (Å²) in [6, 6.07) is 31.0. The van der Waals surface area contributed by atoms with Crippen LogP contribution in [0.1, 0.15) is 54.1 Å². The second-order valence-electron chi connectivity index (χ2n) is 8.29. The van der Waals surface area contributed by atoms with Crippen molar-refractivity contribution in [3.63, 3.8) is 0 Å². The normalized spacial score (nSPS) is 10.7. The predicted octanol–water partition coefficient (Wildman–Crippen LogP) is 6.55. The van der Waals surface area contributed by atoms with E-state index in [9.17, 15) is 9.59 Å². The largest absolute Gasteiger partial charge is 0.289 e. The summed E-state index contributed by atoms with van der Waals surface area (Å²) < 4.78 is 0. The number of carbonyl (C=O) groups excluding carboxylic acids is 2. The summed E-state index contributed by atoms with van der Waals surface area (Å²) in [6.45, 7) is 4.02. The van der Waals surface area contributed by atoms with Gasteiger partial charge in [0.05, 0.1) is 0 Å². The molecule has 0 saturated heterocycles. The fourth-order valence-corrected chi connectivity index (χ4v) is 3.77. The van der Waals surface area contributed by atoms with Crippen LogP contribution in [0.3, 0.4) is 0 Å². The lowest BCUT2D eigenvalue weighted by atomic mass is 9.96. The first-order chi connectivity index (χ1) is 15.5. The molecule has 0 aliphatic carbocycles. The molecular formula is C30H26O2. The highest BCUT2D eigenvalue weighted by molar-refractivity contribution is 6.09. The van der Waals surface area contributed by atoms with Crippen molar-refractivity contribution < 1.29 is 9.59 Å². The summed E-state index contributed by atoms with van der Waals surface area (Å²) in [5, 5.41) is 0. The lowest BCUT2D eigenvalue weighted by Gasteiger charge is -2.08. The Bertz CT molecular complexity index is 1150. The monoisotopic (exact) mass is 418 g/mol. The van der Waals surface area contributed by atoms with Crippen LogP contribution in [0, 0.1) is 13.8 Å². The molecule has 4 aromatic rings. The lowest BCUT2D eigenvalue weighted by Crippen LogP contribution is -2.03. The zero-order valence-electron chi connectivity index (χ0n) is 18.5. The molecule has 2 heteroatoms. The third-order valence-corrected chi connectivity index (χ3v) is 5.71. The van der Waals surface area contributed by atoms with Gasteiger partial charge in [0, 0.05) is 22.3 Å². The molecule has 0 amide bonds. The fourth-order valence-electron chi connectivity index (χ4n) is 3.77. The van der Waals surface area contributed by atoms with Crippen LogP contribution in [0.25, 0.3) is 0 Å². The first kappa shape index (κ1) is 21.5. The first-order valence-corrected chi connectivity index (χ1v) is 10.9. The summed E-state index contributed by atoms with van der Waals surface area (Å²) in [5.41, 5.74) is 7.31. The molecule has 0 fully saturated rings. The third kappa shape index (κ3) is 5.09. The fraction of sp³-hybridized carbons (Fsp3) is 0.133. The number of aryl methyl sites for hydroxylation is 4. The Kier molecular flexibility index (Phi) is 6.42. The van der Waals surface area contributed by atoms with Crippen LogP contribution in [0.2, 0.25) is 0 Å². The average Bonchev–Trinajstić information content (AvgIpc) is 2.83. The van der Waals surface area contributed by atoms with Gasteiger partial charge in [0.2, 0.25) is 0 Å². The SMILES string of the molecule is Cc1ccc(C(=O)c2cccc(CCc3cccc(C(=O)c4ccc(C)cc4)c3)c2)cc1. The van der Waals surface area contributed by atoms with E-state index in [1.54, 1.807) is 0 Å². The molecular weight excluding hydrogens is 392 g/mol. The zero-order valence-corrected chi connectivity index (χ0v) is 18.5. The van der Waals surface area contributed by atoms with Gasteiger partial charge in [-0.15, -0.1) is 0 Å². The molecule has 0 N–H and O–H groups in total. The van der Waals surface area contributed by atoms with E-state index in [4.69, 9.17) is 0 Å². The highest BCUT2D eigenvalue weighted by Gasteiger charge is 2.11. The van der Waals surface area contributed by atoms with Crippen LogP contribution in [0.15, 0.2) is 97.1 Å². The maximum absolute atomic E-state index is 12.8. The zero-order chi connectivity index (χ0) is 22.5. The second-order valence-corrected chi connectivity index (χ2v) is 8.29. The van der Waals surface area contributed by atoms with Gasteiger partial charge in [0.1, 0.15) is 0 Å². The Morgan fingerprint density at radius 1 is 0.500 bits per heavy atom. The Morgan fingerprint density at radius 3 is 1.25 bits per heavy atom. The Balaban J connectivity index is 1.46. The molecule has 0 aromatic heterocycles. The van der Waals surface area contributed by atoms with Gasteiger partial charge in [0.25, 0.3) is 0 Å². The highest BCUT2D eigenvalue weighted by Crippen LogP contribution is 2.17. The molecule has 0 radical (unpaired) electrons. The molecule has 4 aromatic carbocycles. The molecule has 2 nitrogen and oxygen atoms in total. The summed E-state index contributed by atoms with van der Waals surface area (Å²) >= 11 is 0. The Hall–Kier alpha value is -3.78. The van der Waals surface area contributed by atoms with Crippen LogP contribution in [0.4, 0.5) is 0 Å². The highest BCUT2D eigenvalue weighted by atomic mass is 16.1. The minimum atomic E-state index is 0.0394. The van der Waals surface area contributed by atoms with Crippen molar-refractivity contribution in [2.45, 2.75) is 26.7 Å². The van der Waals surface area contributed by atoms with Crippen LogP contribution >= 0.6 is 0 Å². The number of carbonyl (C=O) groups is 2. The standard InChI is InChI=1S/C30H26O2/c1-21-9-15-25(16-10-21)29(31)27-7-3-5-23(19-27)13-14-24-6-4-8-28(20-24)30(32)26-17-11-22(2)12-18-26/h3-12,15-20H,13-14H2,1-2H3. The molecule has 0 atom stereocenters. The van der Waals surface area contributed by atoms with Gasteiger partial charge in [0.15, 0.2) is 11.6 Å². The molecule has 158 valence electrons. The topological polar surface area (TPSA) is 34.1 Å². The number of hydrogen-bond acceptors (Lipinski definition) is 2. The minimum absolute atomic E-state index is 0.0394. The van der Waals surface area contributed by atoms with Gasteiger partial charge in [-0.3, -0.25) is 9.59 Å². The molecule has 0 spiro atoms. The van der Waals surface area contributed by atoms with E-state index in [1.807, 2.05) is 111 Å². The van der Waals surface area contributed by atoms with Gasteiger partial charge in [-0.2, -0.15) is 0 Å². The van der Waals surface area contributed by atoms with E-state index in [0.717, 1.165) is 35.1 Å². The molecule has 4 rings (SSSR count). The average molecular weight is 419 g/mol. The van der Waals surface area contributed by atoms with Crippen molar-refractivity contribution in [1.82, 2.24) is 0 Å². The van der Waals surface area contributed by atoms with Crippen LogP contribution in [-0.4, -0.2) is 11.6 Å². The summed E-state index contributed by atoms with van der Waals surface area (Å²) in [7, 11) is 0. The van der Waals surface area contributed by atoms with Crippen molar-refractivity contribution in [3.8, 4) is 0 Å². The second kappa shape index (κ2) is 9.57. The van der Waals surface area contributed by atoms with Crippen LogP contribution in [0.5, 0.6) is 0 Å². The van der Waals surface area contributed by atoms with Crippen molar-refractivity contribution in [2.24, 2.45) is 0 Å². The van der Waals surface area contributed by atoms with E-state index < -0.39 is 0 Å². The van der Waals surface area contributed by atoms with Crippen molar-refractivity contribution in [1.29, 1.82) is 0 Å². The molecule has 0 bridgehead atoms. The molecule has 32 heavy (non-hydrogen) atoms. The van der Waals surface area contributed by atoms with Crippen molar-refractivity contribution in [2.75, 3.05) is 0 Å². The number of rotatable bonds is 7. The van der Waals surface area contributed by atoms with Gasteiger partial charge in [-0.05, 0) is 49.9 Å². The Morgan fingerprint density at radius 2 is 0.875 bits per heavy atom. The van der Waals surface area contributed by atoms with E-state index in [1.165, 1.54) is 0 Å². The number of ketones is 2. The summed E-state index contributed by atoms with van der Waals surface area (Å²) in [5.74, 6) is 0.0788. The van der Waals surface area contributed by atoms with E-state index in [2.05, 4.69) is 0 Å². The minimum Gasteiger partial charge on any atom is -0.289 e. The van der Waals surface area contributed by atoms with Crippen LogP contribution in [-0.2, 0) is 12.8 Å². The lowest BCUT2D eigenvalue weighted by molar-refractivity contribution is 0.103. The summed E-state index contributed by atoms with van der Waals surface area (Å²) in [4.78, 5) is 25.6. The third-order valence-electron chi connectivity index (χ3n) is 5.71. The predicted molar refractivity (Wildman–Crippen MR) is 130 cm³/mol. The quantitative estimate of drug-likeness (QED) is 0.319. The van der Waals surface area contributed by atoms with Crippen molar-refractivity contribution in [3.05, 3.63) is 142 Å².